The maximum absolute atomic E-state index is 2.22. The van der Waals surface area contributed by atoms with Crippen LogP contribution in [0.1, 0.15) is 55.6 Å². The van der Waals surface area contributed by atoms with E-state index in [9.17, 15) is 0 Å². The van der Waals surface area contributed by atoms with Crippen molar-refractivity contribution >= 4 is 0 Å². The minimum Gasteiger partial charge on any atom is -0.0620 e. The second-order valence-corrected chi connectivity index (χ2v) is 18.6. The molecule has 0 radical (unpaired) electrons. The topological polar surface area (TPSA) is 0 Å². The normalized spacial score (nSPS) is 10.1. The first-order valence-corrected chi connectivity index (χ1v) is 24.5. The van der Waals surface area contributed by atoms with Gasteiger partial charge in [0.25, 0.3) is 0 Å². The van der Waals surface area contributed by atoms with Gasteiger partial charge in [-0.3, -0.25) is 0 Å². The molecule has 0 saturated carbocycles. The van der Waals surface area contributed by atoms with Crippen molar-refractivity contribution < 1.29 is 0 Å². The zero-order valence-corrected chi connectivity index (χ0v) is 43.1. The minimum atomic E-state index is 1.29. The summed E-state index contributed by atoms with van der Waals surface area (Å²) in [5, 5.41) is 0. The Kier molecular flexibility index (Phi) is 19.2. The second kappa shape index (κ2) is 26.1. The van der Waals surface area contributed by atoms with E-state index in [0.29, 0.717) is 0 Å². The summed E-state index contributed by atoms with van der Waals surface area (Å²) in [6.45, 7) is 21.2. The first-order chi connectivity index (χ1) is 33.8. The molecule has 0 amide bonds. The average Bonchev–Trinajstić information content (AvgIpc) is 3.36. The Bertz CT molecular complexity index is 3060. The van der Waals surface area contributed by atoms with Crippen molar-refractivity contribution in [2.45, 2.75) is 69.2 Å². The van der Waals surface area contributed by atoms with E-state index in [1.165, 1.54) is 111 Å². The predicted octanol–water partition coefficient (Wildman–Crippen LogP) is 19.9. The molecule has 0 saturated heterocycles. The highest BCUT2D eigenvalue weighted by molar-refractivity contribution is 5.69. The quantitative estimate of drug-likeness (QED) is 0.161. The van der Waals surface area contributed by atoms with Crippen molar-refractivity contribution in [2.24, 2.45) is 0 Å². The van der Waals surface area contributed by atoms with Crippen LogP contribution in [0.5, 0.6) is 0 Å². The van der Waals surface area contributed by atoms with Crippen LogP contribution in [-0.2, 0) is 0 Å². The summed E-state index contributed by atoms with van der Waals surface area (Å²) < 4.78 is 0. The molecule has 0 bridgehead atoms. The smallest absolute Gasteiger partial charge is 0.0155 e. The van der Waals surface area contributed by atoms with Crippen molar-refractivity contribution in [1.82, 2.24) is 0 Å². The van der Waals surface area contributed by atoms with Crippen molar-refractivity contribution in [2.75, 3.05) is 0 Å². The Hall–Kier alpha value is -7.80. The van der Waals surface area contributed by atoms with E-state index in [2.05, 4.69) is 312 Å². The van der Waals surface area contributed by atoms with Crippen LogP contribution in [0.2, 0.25) is 0 Å². The largest absolute Gasteiger partial charge is 0.0620 e. The number of aryl methyl sites for hydroxylation is 10. The Morgan fingerprint density at radius 3 is 0.714 bits per heavy atom. The van der Waals surface area contributed by atoms with Crippen molar-refractivity contribution in [3.8, 4) is 55.6 Å². The summed E-state index contributed by atoms with van der Waals surface area (Å²) in [6.07, 6.45) is 0. The van der Waals surface area contributed by atoms with Crippen molar-refractivity contribution in [3.63, 3.8) is 0 Å². The van der Waals surface area contributed by atoms with E-state index in [1.54, 1.807) is 0 Å². The third-order valence-electron chi connectivity index (χ3n) is 12.2. The average molecular weight is 911 g/mol. The fourth-order valence-electron chi connectivity index (χ4n) is 8.05. The number of benzene rings is 10. The second-order valence-electron chi connectivity index (χ2n) is 18.6. The van der Waals surface area contributed by atoms with Crippen molar-refractivity contribution in [3.05, 3.63) is 298 Å². The van der Waals surface area contributed by atoms with Crippen LogP contribution >= 0.6 is 0 Å². The fourth-order valence-corrected chi connectivity index (χ4v) is 8.05. The van der Waals surface area contributed by atoms with Crippen LogP contribution in [0.3, 0.4) is 0 Å². The Morgan fingerprint density at radius 2 is 0.400 bits per heavy atom. The molecule has 70 heavy (non-hydrogen) atoms. The summed E-state index contributed by atoms with van der Waals surface area (Å²) in [5.41, 5.74) is 26.2. The Labute approximate surface area is 421 Å². The van der Waals surface area contributed by atoms with Gasteiger partial charge in [-0.15, -0.1) is 0 Å². The van der Waals surface area contributed by atoms with E-state index in [0.717, 1.165) is 0 Å². The maximum Gasteiger partial charge on any atom is -0.0155 e. The molecule has 10 aromatic carbocycles. The predicted molar refractivity (Wildman–Crippen MR) is 307 cm³/mol. The van der Waals surface area contributed by atoms with Gasteiger partial charge >= 0.3 is 0 Å². The molecule has 0 aliphatic rings. The molecule has 0 aliphatic heterocycles. The van der Waals surface area contributed by atoms with Gasteiger partial charge in [0.1, 0.15) is 0 Å². The lowest BCUT2D eigenvalue weighted by Crippen LogP contribution is -1.82. The monoisotopic (exact) mass is 911 g/mol. The van der Waals surface area contributed by atoms with E-state index in [-0.39, 0.29) is 0 Å². The minimum absolute atomic E-state index is 1.29. The lowest BCUT2D eigenvalue weighted by Gasteiger charge is -2.05. The highest BCUT2D eigenvalue weighted by Gasteiger charge is 2.02. The standard InChI is InChI=1S/5C14H14/c1-11-3-7-13(8-4-11)14-9-5-12(2)6-10-14;1-11-5-3-7-13(9-11)14-8-4-6-12(2)10-14;1-11-6-5-8-13(10-11)14-9-4-3-7-12(14)2;1-11-6-8-13(9-7-11)14-5-3-4-12(2)10-14;1-11-7-9-13(10-8-11)14-6-4-3-5-12(14)2/h5*3-10H,1-2H3. The summed E-state index contributed by atoms with van der Waals surface area (Å²) >= 11 is 0. The van der Waals surface area contributed by atoms with Gasteiger partial charge in [-0.05, 0) is 136 Å². The molecule has 0 heteroatoms. The third-order valence-corrected chi connectivity index (χ3v) is 12.2. The number of rotatable bonds is 5. The summed E-state index contributed by atoms with van der Waals surface area (Å²) in [6, 6.07) is 85.9. The molecule has 0 aromatic heterocycles. The molecule has 350 valence electrons. The molecule has 0 N–H and O–H groups in total. The van der Waals surface area contributed by atoms with E-state index in [1.807, 2.05) is 0 Å². The summed E-state index contributed by atoms with van der Waals surface area (Å²) in [4.78, 5) is 0. The molecule has 10 aromatic rings. The van der Waals surface area contributed by atoms with Gasteiger partial charge in [-0.1, -0.05) is 287 Å². The molecular weight excluding hydrogens is 841 g/mol. The van der Waals surface area contributed by atoms with Gasteiger partial charge in [-0.2, -0.15) is 0 Å². The molecule has 10 rings (SSSR count). The van der Waals surface area contributed by atoms with Crippen LogP contribution < -0.4 is 0 Å². The van der Waals surface area contributed by atoms with E-state index in [4.69, 9.17) is 0 Å². The lowest BCUT2D eigenvalue weighted by molar-refractivity contribution is 1.43. The fraction of sp³-hybridized carbons (Fsp3) is 0.143. The van der Waals surface area contributed by atoms with E-state index < -0.39 is 0 Å². The van der Waals surface area contributed by atoms with Crippen LogP contribution in [-0.4, -0.2) is 0 Å². The Morgan fingerprint density at radius 1 is 0.157 bits per heavy atom. The van der Waals surface area contributed by atoms with Crippen molar-refractivity contribution in [1.29, 1.82) is 0 Å². The molecule has 0 spiro atoms. The van der Waals surface area contributed by atoms with Gasteiger partial charge in [0.15, 0.2) is 0 Å². The van der Waals surface area contributed by atoms with Crippen LogP contribution in [0.4, 0.5) is 0 Å². The molecule has 0 atom stereocenters. The van der Waals surface area contributed by atoms with E-state index >= 15 is 0 Å². The zero-order chi connectivity index (χ0) is 49.8. The first kappa shape index (κ1) is 51.6. The molecule has 0 heterocycles. The SMILES string of the molecule is Cc1ccc(-c2ccc(C)cc2)cc1.Cc1ccc(-c2cccc(C)c2)cc1.Cc1ccc(-c2ccccc2C)cc1.Cc1cccc(-c2cccc(C)c2)c1.Cc1cccc(-c2ccccc2C)c1. The highest BCUT2D eigenvalue weighted by Crippen LogP contribution is 2.26. The zero-order valence-electron chi connectivity index (χ0n) is 43.1. The van der Waals surface area contributed by atoms with Gasteiger partial charge < -0.3 is 0 Å². The molecule has 0 aliphatic carbocycles. The lowest BCUT2D eigenvalue weighted by atomic mass is 9.99. The van der Waals surface area contributed by atoms with Gasteiger partial charge in [0, 0.05) is 0 Å². The summed E-state index contributed by atoms with van der Waals surface area (Å²) in [7, 11) is 0. The van der Waals surface area contributed by atoms with Gasteiger partial charge in [-0.25, -0.2) is 0 Å². The van der Waals surface area contributed by atoms with Crippen LogP contribution in [0, 0.1) is 69.2 Å². The number of hydrogen-bond donors (Lipinski definition) is 0. The van der Waals surface area contributed by atoms with Gasteiger partial charge in [0.2, 0.25) is 0 Å². The first-order valence-electron chi connectivity index (χ1n) is 24.5. The molecule has 0 unspecified atom stereocenters. The molecule has 0 fully saturated rings. The number of hydrogen-bond acceptors (Lipinski definition) is 0. The third kappa shape index (κ3) is 16.2. The Balaban J connectivity index is 0.000000143. The molecular formula is C70H70. The van der Waals surface area contributed by atoms with Gasteiger partial charge in [0.05, 0.1) is 0 Å². The van der Waals surface area contributed by atoms with Crippen LogP contribution in [0.15, 0.2) is 243 Å². The van der Waals surface area contributed by atoms with Crippen LogP contribution in [0.25, 0.3) is 55.6 Å². The summed E-state index contributed by atoms with van der Waals surface area (Å²) in [5.74, 6) is 0. The molecule has 0 nitrogen and oxygen atoms in total. The maximum atomic E-state index is 2.22. The highest BCUT2D eigenvalue weighted by atomic mass is 14.1.